The molecule has 2 rings (SSSR count). The van der Waals surface area contributed by atoms with Crippen molar-refractivity contribution < 1.29 is 9.53 Å². The molecule has 0 saturated carbocycles. The Kier molecular flexibility index (Phi) is 5.33. The number of carbonyl (C=O) groups excluding carboxylic acids is 1. The van der Waals surface area contributed by atoms with E-state index in [1.165, 1.54) is 0 Å². The molecular formula is C19H20O2. The molecule has 0 aromatic heterocycles. The molecule has 0 N–H and O–H groups in total. The van der Waals surface area contributed by atoms with E-state index in [-0.39, 0.29) is 5.97 Å². The van der Waals surface area contributed by atoms with Crippen LogP contribution in [0, 0.1) is 0 Å². The average Bonchev–Trinajstić information content (AvgIpc) is 2.51. The van der Waals surface area contributed by atoms with E-state index < -0.39 is 0 Å². The number of allylic oxidation sites excluding steroid dienone is 5. The molecule has 0 fully saturated rings. The molecule has 0 unspecified atom stereocenters. The first-order valence-electron chi connectivity index (χ1n) is 7.25. The van der Waals surface area contributed by atoms with Crippen molar-refractivity contribution in [3.05, 3.63) is 83.7 Å². The van der Waals surface area contributed by atoms with Gasteiger partial charge >= 0.3 is 5.97 Å². The van der Waals surface area contributed by atoms with E-state index in [4.69, 9.17) is 4.74 Å². The zero-order valence-corrected chi connectivity index (χ0v) is 12.3. The number of carbonyl (C=O) groups is 1. The van der Waals surface area contributed by atoms with Gasteiger partial charge in [-0.05, 0) is 43.0 Å². The van der Waals surface area contributed by atoms with Crippen LogP contribution >= 0.6 is 0 Å². The molecule has 21 heavy (non-hydrogen) atoms. The van der Waals surface area contributed by atoms with Crippen LogP contribution in [0.15, 0.2) is 78.1 Å². The van der Waals surface area contributed by atoms with Crippen LogP contribution < -0.4 is 0 Å². The van der Waals surface area contributed by atoms with Gasteiger partial charge in [-0.25, -0.2) is 4.79 Å². The summed E-state index contributed by atoms with van der Waals surface area (Å²) >= 11 is 0. The Morgan fingerprint density at radius 2 is 2.10 bits per heavy atom. The van der Waals surface area contributed by atoms with Gasteiger partial charge in [-0.1, -0.05) is 49.9 Å². The minimum atomic E-state index is -0.332. The molecule has 108 valence electrons. The van der Waals surface area contributed by atoms with Crippen LogP contribution in [0.4, 0.5) is 0 Å². The van der Waals surface area contributed by atoms with Crippen molar-refractivity contribution in [2.75, 3.05) is 0 Å². The fourth-order valence-electron chi connectivity index (χ4n) is 2.13. The van der Waals surface area contributed by atoms with Gasteiger partial charge in [0, 0.05) is 5.57 Å². The van der Waals surface area contributed by atoms with Gasteiger partial charge in [0.05, 0.1) is 5.56 Å². The number of rotatable bonds is 4. The number of hydrogen-bond donors (Lipinski definition) is 0. The molecule has 1 aliphatic rings. The van der Waals surface area contributed by atoms with Gasteiger partial charge < -0.3 is 4.74 Å². The third-order valence-electron chi connectivity index (χ3n) is 3.27. The maximum Gasteiger partial charge on any atom is 0.343 e. The standard InChI is InChI=1S/C19H20O2/c1-3-4-6-13-17-15(2)10-9-14-18(17)21-19(20)16-11-7-5-8-12-16/h4-8,11-14H,2-3,9-10H2,1H3/b6-4-,17-13+. The highest BCUT2D eigenvalue weighted by atomic mass is 16.5. The number of benzene rings is 1. The summed E-state index contributed by atoms with van der Waals surface area (Å²) in [7, 11) is 0. The lowest BCUT2D eigenvalue weighted by molar-refractivity contribution is 0.0631. The van der Waals surface area contributed by atoms with E-state index >= 15 is 0 Å². The first-order valence-corrected chi connectivity index (χ1v) is 7.25. The largest absolute Gasteiger partial charge is 0.423 e. The molecule has 1 aliphatic carbocycles. The monoisotopic (exact) mass is 280 g/mol. The lowest BCUT2D eigenvalue weighted by atomic mass is 9.94. The molecule has 0 heterocycles. The van der Waals surface area contributed by atoms with E-state index in [1.807, 2.05) is 36.4 Å². The lowest BCUT2D eigenvalue weighted by Crippen LogP contribution is -2.10. The Labute approximate surface area is 126 Å². The summed E-state index contributed by atoms with van der Waals surface area (Å²) < 4.78 is 5.55. The van der Waals surface area contributed by atoms with Crippen LogP contribution in [0.3, 0.4) is 0 Å². The molecule has 0 aliphatic heterocycles. The van der Waals surface area contributed by atoms with E-state index in [0.717, 1.165) is 30.4 Å². The highest BCUT2D eigenvalue weighted by Gasteiger charge is 2.18. The average molecular weight is 280 g/mol. The molecule has 0 amide bonds. The summed E-state index contributed by atoms with van der Waals surface area (Å²) in [4.78, 5) is 12.2. The van der Waals surface area contributed by atoms with E-state index in [1.54, 1.807) is 12.1 Å². The highest BCUT2D eigenvalue weighted by molar-refractivity contribution is 5.90. The predicted molar refractivity (Wildman–Crippen MR) is 85.8 cm³/mol. The zero-order valence-electron chi connectivity index (χ0n) is 12.3. The number of hydrogen-bond acceptors (Lipinski definition) is 2. The fraction of sp³-hybridized carbons (Fsp3) is 0.211. The smallest absolute Gasteiger partial charge is 0.343 e. The minimum Gasteiger partial charge on any atom is -0.423 e. The Balaban J connectivity index is 2.18. The van der Waals surface area contributed by atoms with E-state index in [9.17, 15) is 4.79 Å². The summed E-state index contributed by atoms with van der Waals surface area (Å²) in [6.07, 6.45) is 10.7. The number of ether oxygens (including phenoxy) is 1. The van der Waals surface area contributed by atoms with Crippen molar-refractivity contribution in [2.24, 2.45) is 0 Å². The van der Waals surface area contributed by atoms with Crippen molar-refractivity contribution in [3.8, 4) is 0 Å². The Morgan fingerprint density at radius 1 is 1.33 bits per heavy atom. The van der Waals surface area contributed by atoms with Gasteiger partial charge in [0.15, 0.2) is 0 Å². The second-order valence-corrected chi connectivity index (χ2v) is 4.88. The second kappa shape index (κ2) is 7.44. The Hall–Kier alpha value is -2.35. The van der Waals surface area contributed by atoms with Gasteiger partial charge in [-0.15, -0.1) is 0 Å². The topological polar surface area (TPSA) is 26.3 Å². The van der Waals surface area contributed by atoms with Crippen LogP contribution in [-0.2, 0) is 4.74 Å². The maximum absolute atomic E-state index is 12.2. The lowest BCUT2D eigenvalue weighted by Gasteiger charge is -2.18. The van der Waals surface area contributed by atoms with Crippen LogP contribution in [-0.4, -0.2) is 5.97 Å². The third-order valence-corrected chi connectivity index (χ3v) is 3.27. The van der Waals surface area contributed by atoms with Crippen LogP contribution in [0.5, 0.6) is 0 Å². The van der Waals surface area contributed by atoms with Crippen LogP contribution in [0.1, 0.15) is 36.5 Å². The van der Waals surface area contributed by atoms with Gasteiger partial charge in [0.1, 0.15) is 5.76 Å². The summed E-state index contributed by atoms with van der Waals surface area (Å²) in [5, 5.41) is 0. The van der Waals surface area contributed by atoms with Crippen molar-refractivity contribution in [1.29, 1.82) is 0 Å². The SMILES string of the molecule is C=C1CCC=C(OC(=O)c2ccccc2)/C1=C/C=C\CC. The van der Waals surface area contributed by atoms with Crippen LogP contribution in [0.2, 0.25) is 0 Å². The van der Waals surface area contributed by atoms with Crippen molar-refractivity contribution in [2.45, 2.75) is 26.2 Å². The normalized spacial score (nSPS) is 17.1. The molecule has 0 radical (unpaired) electrons. The van der Waals surface area contributed by atoms with E-state index in [2.05, 4.69) is 19.6 Å². The molecule has 0 spiro atoms. The molecule has 0 atom stereocenters. The zero-order chi connectivity index (χ0) is 15.1. The molecule has 2 heteroatoms. The van der Waals surface area contributed by atoms with E-state index in [0.29, 0.717) is 11.3 Å². The molecule has 0 saturated heterocycles. The molecule has 1 aromatic rings. The van der Waals surface area contributed by atoms with Crippen molar-refractivity contribution in [1.82, 2.24) is 0 Å². The van der Waals surface area contributed by atoms with Crippen molar-refractivity contribution in [3.63, 3.8) is 0 Å². The van der Waals surface area contributed by atoms with Crippen LogP contribution in [0.25, 0.3) is 0 Å². The molecule has 2 nitrogen and oxygen atoms in total. The van der Waals surface area contributed by atoms with Gasteiger partial charge in [0.2, 0.25) is 0 Å². The summed E-state index contributed by atoms with van der Waals surface area (Å²) in [5.74, 6) is 0.280. The van der Waals surface area contributed by atoms with Crippen molar-refractivity contribution >= 4 is 5.97 Å². The fourth-order valence-corrected chi connectivity index (χ4v) is 2.13. The Bertz CT molecular complexity index is 604. The highest BCUT2D eigenvalue weighted by Crippen LogP contribution is 2.29. The number of esters is 1. The summed E-state index contributed by atoms with van der Waals surface area (Å²) in [6, 6.07) is 9.03. The maximum atomic E-state index is 12.2. The first kappa shape index (κ1) is 15.0. The minimum absolute atomic E-state index is 0.332. The predicted octanol–water partition coefficient (Wildman–Crippen LogP) is 4.97. The second-order valence-electron chi connectivity index (χ2n) is 4.88. The Morgan fingerprint density at radius 3 is 2.81 bits per heavy atom. The third kappa shape index (κ3) is 4.06. The molecular weight excluding hydrogens is 260 g/mol. The summed E-state index contributed by atoms with van der Waals surface area (Å²) in [5.41, 5.74) is 2.47. The summed E-state index contributed by atoms with van der Waals surface area (Å²) in [6.45, 7) is 6.15. The van der Waals surface area contributed by atoms with Gasteiger partial charge in [0.25, 0.3) is 0 Å². The first-order chi connectivity index (χ1) is 10.2. The molecule has 0 bridgehead atoms. The molecule has 1 aromatic carbocycles. The quantitative estimate of drug-likeness (QED) is 0.728. The van der Waals surface area contributed by atoms with Gasteiger partial charge in [-0.2, -0.15) is 0 Å². The van der Waals surface area contributed by atoms with Gasteiger partial charge in [-0.3, -0.25) is 0 Å².